The summed E-state index contributed by atoms with van der Waals surface area (Å²) in [7, 11) is 0. The Morgan fingerprint density at radius 3 is 2.07 bits per heavy atom. The predicted octanol–water partition coefficient (Wildman–Crippen LogP) is 5.03. The fraction of sp³-hybridized carbons (Fsp3) is 0.455. The van der Waals surface area contributed by atoms with Crippen LogP contribution in [0.3, 0.4) is 0 Å². The summed E-state index contributed by atoms with van der Waals surface area (Å²) in [5, 5.41) is 5.41. The molecule has 0 heterocycles. The smallest absolute Gasteiger partial charge is 0.408 e. The van der Waals surface area contributed by atoms with Crippen LogP contribution in [0.25, 0.3) is 0 Å². The van der Waals surface area contributed by atoms with Gasteiger partial charge in [0.2, 0.25) is 11.8 Å². The maximum Gasteiger partial charge on any atom is 0.408 e. The Bertz CT molecular complexity index is 1250. The van der Waals surface area contributed by atoms with Gasteiger partial charge in [0.15, 0.2) is 0 Å². The molecule has 0 radical (unpaired) electrons. The summed E-state index contributed by atoms with van der Waals surface area (Å²) in [6.45, 7) is 17.6. The van der Waals surface area contributed by atoms with E-state index in [1.165, 1.54) is 17.9 Å². The van der Waals surface area contributed by atoms with E-state index < -0.39 is 53.2 Å². The molecule has 3 amide bonds. The second-order valence-corrected chi connectivity index (χ2v) is 12.2. The molecule has 0 saturated heterocycles. The zero-order valence-electron chi connectivity index (χ0n) is 26.0. The van der Waals surface area contributed by atoms with Gasteiger partial charge in [0.25, 0.3) is 0 Å². The number of hydrogen-bond donors (Lipinski definition) is 2. The van der Waals surface area contributed by atoms with Crippen LogP contribution in [0, 0.1) is 6.92 Å². The lowest BCUT2D eigenvalue weighted by Crippen LogP contribution is -2.54. The van der Waals surface area contributed by atoms with Gasteiger partial charge in [-0.15, -0.1) is 6.58 Å². The van der Waals surface area contributed by atoms with Gasteiger partial charge in [-0.05, 0) is 66.5 Å². The largest absolute Gasteiger partial charge is 0.458 e. The average molecular weight is 580 g/mol. The second-order valence-electron chi connectivity index (χ2n) is 12.2. The van der Waals surface area contributed by atoms with E-state index in [2.05, 4.69) is 17.2 Å². The minimum atomic E-state index is -1.14. The monoisotopic (exact) mass is 579 g/mol. The van der Waals surface area contributed by atoms with E-state index in [0.717, 1.165) is 11.1 Å². The zero-order valence-corrected chi connectivity index (χ0v) is 26.0. The lowest BCUT2D eigenvalue weighted by atomic mass is 9.99. The van der Waals surface area contributed by atoms with Crippen LogP contribution in [-0.2, 0) is 30.3 Å². The number of esters is 1. The van der Waals surface area contributed by atoms with Crippen molar-refractivity contribution in [2.24, 2.45) is 0 Å². The van der Waals surface area contributed by atoms with Gasteiger partial charge in [0.05, 0.1) is 0 Å². The highest BCUT2D eigenvalue weighted by molar-refractivity contribution is 5.94. The molecule has 0 aliphatic carbocycles. The number of alkyl carbamates (subject to hydrolysis) is 1. The van der Waals surface area contributed by atoms with Gasteiger partial charge in [0.1, 0.15) is 29.3 Å². The molecule has 0 spiro atoms. The van der Waals surface area contributed by atoms with Crippen molar-refractivity contribution in [1.29, 1.82) is 0 Å². The van der Waals surface area contributed by atoms with E-state index in [1.54, 1.807) is 59.7 Å². The summed E-state index contributed by atoms with van der Waals surface area (Å²) in [6, 6.07) is 13.3. The Labute approximate surface area is 249 Å². The molecule has 0 aliphatic heterocycles. The van der Waals surface area contributed by atoms with E-state index >= 15 is 0 Å². The molecule has 2 aromatic carbocycles. The molecule has 9 nitrogen and oxygen atoms in total. The Morgan fingerprint density at radius 1 is 0.905 bits per heavy atom. The van der Waals surface area contributed by atoms with Crippen LogP contribution in [0.2, 0.25) is 0 Å². The molecule has 228 valence electrons. The number of ether oxygens (including phenoxy) is 2. The number of rotatable bonds is 11. The summed E-state index contributed by atoms with van der Waals surface area (Å²) < 4.78 is 11.0. The highest BCUT2D eigenvalue weighted by atomic mass is 16.6. The van der Waals surface area contributed by atoms with E-state index in [9.17, 15) is 19.2 Å². The van der Waals surface area contributed by atoms with Crippen molar-refractivity contribution in [1.82, 2.24) is 15.5 Å². The number of carbonyl (C=O) groups excluding carboxylic acids is 4. The van der Waals surface area contributed by atoms with E-state index in [4.69, 9.17) is 9.47 Å². The number of nitrogens with zero attached hydrogens (tertiary/aromatic N) is 1. The van der Waals surface area contributed by atoms with Crippen molar-refractivity contribution >= 4 is 23.9 Å². The SMILES string of the molecule is C=CCN(C(=O)C(C)NC(=O)OC(C)(C)C)C(C(=O)NC(Cc1ccccc1)C(=O)OC(C)(C)C)c1cccc(C)c1. The summed E-state index contributed by atoms with van der Waals surface area (Å²) >= 11 is 0. The first kappa shape index (κ1) is 34.1. The molecule has 2 aromatic rings. The number of amides is 3. The molecule has 0 fully saturated rings. The highest BCUT2D eigenvalue weighted by Crippen LogP contribution is 2.24. The average Bonchev–Trinajstić information content (AvgIpc) is 2.86. The normalized spacial score (nSPS) is 13.6. The minimum Gasteiger partial charge on any atom is -0.458 e. The number of hydrogen-bond acceptors (Lipinski definition) is 6. The van der Waals surface area contributed by atoms with Crippen LogP contribution < -0.4 is 10.6 Å². The summed E-state index contributed by atoms with van der Waals surface area (Å²) in [5.74, 6) is -1.70. The molecule has 0 aliphatic rings. The fourth-order valence-electron chi connectivity index (χ4n) is 4.24. The van der Waals surface area contributed by atoms with Gasteiger partial charge in [0, 0.05) is 13.0 Å². The maximum atomic E-state index is 14.1. The van der Waals surface area contributed by atoms with Gasteiger partial charge in [-0.3, -0.25) is 9.59 Å². The first-order valence-corrected chi connectivity index (χ1v) is 14.1. The molecule has 0 saturated carbocycles. The Morgan fingerprint density at radius 2 is 1.52 bits per heavy atom. The first-order valence-electron chi connectivity index (χ1n) is 14.1. The molecule has 9 heteroatoms. The number of aryl methyl sites for hydroxylation is 1. The van der Waals surface area contributed by atoms with Crippen molar-refractivity contribution in [3.63, 3.8) is 0 Å². The fourth-order valence-corrected chi connectivity index (χ4v) is 4.24. The van der Waals surface area contributed by atoms with Crippen LogP contribution >= 0.6 is 0 Å². The van der Waals surface area contributed by atoms with Crippen LogP contribution in [0.4, 0.5) is 4.79 Å². The maximum absolute atomic E-state index is 14.1. The minimum absolute atomic E-state index is 0.000982. The number of benzene rings is 2. The Hall–Kier alpha value is -4.14. The molecule has 2 rings (SSSR count). The van der Waals surface area contributed by atoms with Crippen molar-refractivity contribution in [3.05, 3.63) is 83.9 Å². The first-order chi connectivity index (χ1) is 19.5. The van der Waals surface area contributed by atoms with Crippen LogP contribution in [0.15, 0.2) is 67.3 Å². The van der Waals surface area contributed by atoms with Crippen LogP contribution in [0.1, 0.15) is 71.2 Å². The molecule has 0 bridgehead atoms. The Kier molecular flexibility index (Phi) is 11.9. The standard InChI is InChI=1S/C33H45N3O6/c1-10-19-36(29(38)23(3)34-31(40)42-33(7,8)9)27(25-18-14-15-22(2)20-25)28(37)35-26(30(39)41-32(4,5)6)21-24-16-12-11-13-17-24/h10-18,20,23,26-27H,1,19,21H2,2-9H3,(H,34,40)(H,35,37). The quantitative estimate of drug-likeness (QED) is 0.285. The number of nitrogens with one attached hydrogen (secondary N) is 2. The molecule has 3 unspecified atom stereocenters. The van der Waals surface area contributed by atoms with Gasteiger partial charge >= 0.3 is 12.1 Å². The van der Waals surface area contributed by atoms with Crippen molar-refractivity contribution in [2.75, 3.05) is 6.54 Å². The summed E-state index contributed by atoms with van der Waals surface area (Å²) in [6.07, 6.45) is 0.934. The molecular weight excluding hydrogens is 534 g/mol. The summed E-state index contributed by atoms with van der Waals surface area (Å²) in [5.41, 5.74) is 0.710. The third-order valence-corrected chi connectivity index (χ3v) is 5.92. The van der Waals surface area contributed by atoms with Gasteiger partial charge < -0.3 is 25.0 Å². The topological polar surface area (TPSA) is 114 Å². The van der Waals surface area contributed by atoms with E-state index in [-0.39, 0.29) is 13.0 Å². The van der Waals surface area contributed by atoms with E-state index in [1.807, 2.05) is 43.3 Å². The molecule has 2 N–H and O–H groups in total. The van der Waals surface area contributed by atoms with Gasteiger partial charge in [-0.1, -0.05) is 66.2 Å². The predicted molar refractivity (Wildman–Crippen MR) is 163 cm³/mol. The summed E-state index contributed by atoms with van der Waals surface area (Å²) in [4.78, 5) is 54.9. The van der Waals surface area contributed by atoms with Crippen LogP contribution in [0.5, 0.6) is 0 Å². The molecule has 0 aromatic heterocycles. The highest BCUT2D eigenvalue weighted by Gasteiger charge is 2.37. The van der Waals surface area contributed by atoms with Gasteiger partial charge in [-0.25, -0.2) is 9.59 Å². The zero-order chi connectivity index (χ0) is 31.7. The van der Waals surface area contributed by atoms with E-state index in [0.29, 0.717) is 5.56 Å². The van der Waals surface area contributed by atoms with Crippen molar-refractivity contribution in [2.45, 2.75) is 91.1 Å². The lowest BCUT2D eigenvalue weighted by Gasteiger charge is -2.34. The molecule has 3 atom stereocenters. The molecule has 42 heavy (non-hydrogen) atoms. The third-order valence-electron chi connectivity index (χ3n) is 5.92. The van der Waals surface area contributed by atoms with Crippen LogP contribution in [-0.4, -0.2) is 58.6 Å². The van der Waals surface area contributed by atoms with Crippen molar-refractivity contribution in [3.8, 4) is 0 Å². The second kappa shape index (κ2) is 14.7. The molecular formula is C33H45N3O6. The third kappa shape index (κ3) is 11.0. The lowest BCUT2D eigenvalue weighted by molar-refractivity contribution is -0.159. The Balaban J connectivity index is 2.48. The van der Waals surface area contributed by atoms with Crippen molar-refractivity contribution < 1.29 is 28.7 Å². The van der Waals surface area contributed by atoms with Gasteiger partial charge in [-0.2, -0.15) is 0 Å². The number of carbonyl (C=O) groups is 4.